The summed E-state index contributed by atoms with van der Waals surface area (Å²) in [4.78, 5) is 0.285. The molecule has 3 nitrogen and oxygen atoms in total. The minimum Gasteiger partial charge on any atom is -0.214 e. The smallest absolute Gasteiger partial charge is 0.214 e. The van der Waals surface area contributed by atoms with Crippen LogP contribution in [0.3, 0.4) is 0 Å². The molecule has 0 atom stereocenters. The van der Waals surface area contributed by atoms with Crippen molar-refractivity contribution in [2.24, 2.45) is 0 Å². The largest absolute Gasteiger partial charge is 0.241 e. The van der Waals surface area contributed by atoms with Crippen LogP contribution < -0.4 is 4.72 Å². The monoisotopic (exact) mass is 261 g/mol. The maximum atomic E-state index is 11.6. The van der Waals surface area contributed by atoms with Gasteiger partial charge in [0, 0.05) is 20.5 Å². The van der Waals surface area contributed by atoms with Crippen LogP contribution in [0, 0.1) is 0 Å². The fourth-order valence-electron chi connectivity index (χ4n) is 1.30. The van der Waals surface area contributed by atoms with Gasteiger partial charge in [0.1, 0.15) is 4.90 Å². The highest BCUT2D eigenvalue weighted by molar-refractivity contribution is 7.89. The Morgan fingerprint density at radius 3 is 2.80 bits per heavy atom. The second-order valence-electron chi connectivity index (χ2n) is 2.95. The Morgan fingerprint density at radius 1 is 1.40 bits per heavy atom. The minimum absolute atomic E-state index is 0.285. The fraction of sp³-hybridized carbons (Fsp3) is 0.111. The van der Waals surface area contributed by atoms with E-state index in [-0.39, 0.29) is 4.90 Å². The highest BCUT2D eigenvalue weighted by Gasteiger charge is 2.16. The fourth-order valence-corrected chi connectivity index (χ4v) is 3.67. The molecule has 0 unspecified atom stereocenters. The summed E-state index contributed by atoms with van der Waals surface area (Å²) < 4.78 is 26.5. The molecule has 15 heavy (non-hydrogen) atoms. The molecule has 0 fully saturated rings. The molecule has 0 aliphatic carbocycles. The lowest BCUT2D eigenvalue weighted by atomic mass is 10.3. The van der Waals surface area contributed by atoms with Gasteiger partial charge in [-0.2, -0.15) is 0 Å². The third-order valence-electron chi connectivity index (χ3n) is 2.06. The molecule has 1 heterocycles. The molecule has 80 valence electrons. The normalized spacial score (nSPS) is 12.1. The van der Waals surface area contributed by atoms with Gasteiger partial charge >= 0.3 is 0 Å². The van der Waals surface area contributed by atoms with E-state index in [1.807, 2.05) is 6.07 Å². The number of hydrogen-bond donors (Lipinski definition) is 1. The summed E-state index contributed by atoms with van der Waals surface area (Å²) in [5.74, 6) is 0. The number of sulfonamides is 1. The van der Waals surface area contributed by atoms with Crippen LogP contribution in [0.15, 0.2) is 28.5 Å². The van der Waals surface area contributed by atoms with Gasteiger partial charge in [-0.3, -0.25) is 0 Å². The lowest BCUT2D eigenvalue weighted by Crippen LogP contribution is -2.17. The summed E-state index contributed by atoms with van der Waals surface area (Å²) in [5.41, 5.74) is 0. The molecule has 0 amide bonds. The summed E-state index contributed by atoms with van der Waals surface area (Å²) >= 11 is 7.22. The van der Waals surface area contributed by atoms with E-state index in [1.165, 1.54) is 18.4 Å². The van der Waals surface area contributed by atoms with Crippen molar-refractivity contribution in [2.75, 3.05) is 7.05 Å². The van der Waals surface area contributed by atoms with Crippen molar-refractivity contribution < 1.29 is 8.42 Å². The first-order chi connectivity index (χ1) is 7.04. The molecule has 0 aliphatic rings. The third-order valence-corrected chi connectivity index (χ3v) is 4.86. The Hall–Kier alpha value is -0.620. The molecule has 0 bridgehead atoms. The lowest BCUT2D eigenvalue weighted by Gasteiger charge is -2.00. The first kappa shape index (κ1) is 10.9. The predicted octanol–water partition coefficient (Wildman–Crippen LogP) is 2.46. The number of fused-ring (bicyclic) bond motifs is 1. The minimum atomic E-state index is -3.40. The van der Waals surface area contributed by atoms with Crippen LogP contribution >= 0.6 is 22.9 Å². The Balaban J connectivity index is 2.78. The Morgan fingerprint density at radius 2 is 2.13 bits per heavy atom. The van der Waals surface area contributed by atoms with Gasteiger partial charge < -0.3 is 0 Å². The maximum Gasteiger partial charge on any atom is 0.241 e. The van der Waals surface area contributed by atoms with Crippen LogP contribution in [0.25, 0.3) is 10.1 Å². The standard InChI is InChI=1S/C9H8ClNO2S2/c1-11-15(12,13)9-5-14-8-3-2-6(10)4-7(8)9/h2-5,11H,1H3. The quantitative estimate of drug-likeness (QED) is 0.903. The van der Waals surface area contributed by atoms with E-state index in [1.54, 1.807) is 17.5 Å². The van der Waals surface area contributed by atoms with Crippen molar-refractivity contribution in [2.45, 2.75) is 4.90 Å². The summed E-state index contributed by atoms with van der Waals surface area (Å²) in [7, 11) is -2.00. The molecule has 2 rings (SSSR count). The zero-order chi connectivity index (χ0) is 11.1. The van der Waals surface area contributed by atoms with Crippen molar-refractivity contribution in [3.05, 3.63) is 28.6 Å². The number of nitrogens with one attached hydrogen (secondary N) is 1. The van der Waals surface area contributed by atoms with Gasteiger partial charge in [0.05, 0.1) is 0 Å². The second-order valence-corrected chi connectivity index (χ2v) is 6.15. The molecule has 0 saturated heterocycles. The summed E-state index contributed by atoms with van der Waals surface area (Å²) in [6.45, 7) is 0. The molecular weight excluding hydrogens is 254 g/mol. The van der Waals surface area contributed by atoms with Crippen LogP contribution in [0.1, 0.15) is 0 Å². The molecule has 2 aromatic rings. The first-order valence-corrected chi connectivity index (χ1v) is 6.89. The summed E-state index contributed by atoms with van der Waals surface area (Å²) in [5, 5.41) is 2.82. The van der Waals surface area contributed by atoms with Gasteiger partial charge in [-0.05, 0) is 25.2 Å². The van der Waals surface area contributed by atoms with Crippen molar-refractivity contribution in [1.29, 1.82) is 0 Å². The van der Waals surface area contributed by atoms with E-state index in [9.17, 15) is 8.42 Å². The van der Waals surface area contributed by atoms with Crippen molar-refractivity contribution in [3.8, 4) is 0 Å². The van der Waals surface area contributed by atoms with E-state index in [4.69, 9.17) is 11.6 Å². The molecule has 6 heteroatoms. The van der Waals surface area contributed by atoms with Crippen LogP contribution in [0.4, 0.5) is 0 Å². The van der Waals surface area contributed by atoms with E-state index in [2.05, 4.69) is 4.72 Å². The highest BCUT2D eigenvalue weighted by atomic mass is 35.5. The molecule has 0 radical (unpaired) electrons. The number of benzene rings is 1. The van der Waals surface area contributed by atoms with Crippen molar-refractivity contribution >= 4 is 43.0 Å². The van der Waals surface area contributed by atoms with Gasteiger partial charge in [0.25, 0.3) is 0 Å². The lowest BCUT2D eigenvalue weighted by molar-refractivity contribution is 0.589. The molecule has 1 aromatic carbocycles. The number of hydrogen-bond acceptors (Lipinski definition) is 3. The molecular formula is C9H8ClNO2S2. The number of thiophene rings is 1. The zero-order valence-electron chi connectivity index (χ0n) is 7.82. The maximum absolute atomic E-state index is 11.6. The number of rotatable bonds is 2. The van der Waals surface area contributed by atoms with Gasteiger partial charge in [-0.15, -0.1) is 11.3 Å². The van der Waals surface area contributed by atoms with Crippen LogP contribution in [-0.2, 0) is 10.0 Å². The topological polar surface area (TPSA) is 46.2 Å². The molecule has 1 N–H and O–H groups in total. The van der Waals surface area contributed by atoms with Gasteiger partial charge in [0.15, 0.2) is 0 Å². The van der Waals surface area contributed by atoms with Crippen LogP contribution in [0.5, 0.6) is 0 Å². The Bertz CT molecular complexity index is 604. The molecule has 0 spiro atoms. The average Bonchev–Trinajstić information content (AvgIpc) is 2.61. The Labute approximate surface area is 96.7 Å². The van der Waals surface area contributed by atoms with Crippen molar-refractivity contribution in [1.82, 2.24) is 4.72 Å². The average molecular weight is 262 g/mol. The number of halogens is 1. The van der Waals surface area contributed by atoms with E-state index < -0.39 is 10.0 Å². The predicted molar refractivity (Wildman–Crippen MR) is 63.1 cm³/mol. The van der Waals surface area contributed by atoms with E-state index >= 15 is 0 Å². The van der Waals surface area contributed by atoms with Gasteiger partial charge in [-0.1, -0.05) is 11.6 Å². The van der Waals surface area contributed by atoms with Gasteiger partial charge in [-0.25, -0.2) is 13.1 Å². The SMILES string of the molecule is CNS(=O)(=O)c1csc2ccc(Cl)cc12. The van der Waals surface area contributed by atoms with Crippen LogP contribution in [-0.4, -0.2) is 15.5 Å². The molecule has 0 aliphatic heterocycles. The van der Waals surface area contributed by atoms with Crippen LogP contribution in [0.2, 0.25) is 5.02 Å². The second kappa shape index (κ2) is 3.75. The third kappa shape index (κ3) is 1.88. The zero-order valence-corrected chi connectivity index (χ0v) is 10.2. The van der Waals surface area contributed by atoms with Gasteiger partial charge in [0.2, 0.25) is 10.0 Å². The summed E-state index contributed by atoms with van der Waals surface area (Å²) in [6, 6.07) is 5.23. The molecule has 1 aromatic heterocycles. The molecule has 0 saturated carbocycles. The highest BCUT2D eigenvalue weighted by Crippen LogP contribution is 2.31. The van der Waals surface area contributed by atoms with Crippen molar-refractivity contribution in [3.63, 3.8) is 0 Å². The summed E-state index contributed by atoms with van der Waals surface area (Å²) in [6.07, 6.45) is 0. The van der Waals surface area contributed by atoms with E-state index in [0.717, 1.165) is 4.70 Å². The first-order valence-electron chi connectivity index (χ1n) is 4.15. The Kier molecular flexibility index (Phi) is 2.72. The van der Waals surface area contributed by atoms with E-state index in [0.29, 0.717) is 10.4 Å².